The molecule has 0 aliphatic carbocycles. The van der Waals surface area contributed by atoms with Crippen LogP contribution in [-0.2, 0) is 15.5 Å². The summed E-state index contributed by atoms with van der Waals surface area (Å²) in [6.07, 6.45) is 0.646. The average Bonchev–Trinajstić information content (AvgIpc) is 2.17. The highest BCUT2D eigenvalue weighted by Crippen LogP contribution is 2.16. The highest BCUT2D eigenvalue weighted by molar-refractivity contribution is 7.85. The summed E-state index contributed by atoms with van der Waals surface area (Å²) >= 11 is 0. The van der Waals surface area contributed by atoms with Gasteiger partial charge in [0.05, 0.1) is 15.7 Å². The van der Waals surface area contributed by atoms with Gasteiger partial charge in [-0.15, -0.1) is 0 Å². The molecule has 0 heterocycles. The largest absolute Gasteiger partial charge is 0.399 e. The Kier molecular flexibility index (Phi) is 4.71. The first kappa shape index (κ1) is 12.1. The maximum absolute atomic E-state index is 13.3. The van der Waals surface area contributed by atoms with Gasteiger partial charge in [-0.25, -0.2) is 4.39 Å². The quantitative estimate of drug-likeness (QED) is 0.618. The van der Waals surface area contributed by atoms with Gasteiger partial charge in [-0.2, -0.15) is 0 Å². The molecule has 0 radical (unpaired) electrons. The van der Waals surface area contributed by atoms with Gasteiger partial charge in [0, 0.05) is 25.2 Å². The molecule has 0 saturated heterocycles. The van der Waals surface area contributed by atoms with Crippen molar-refractivity contribution >= 4 is 16.5 Å². The van der Waals surface area contributed by atoms with Gasteiger partial charge >= 0.3 is 0 Å². The minimum atomic E-state index is -1.32. The fraction of sp³-hybridized carbons (Fsp3) is 0.400. The first-order valence-corrected chi connectivity index (χ1v) is 5.89. The van der Waals surface area contributed by atoms with Gasteiger partial charge in [0.25, 0.3) is 0 Å². The summed E-state index contributed by atoms with van der Waals surface area (Å²) in [7, 11) is 0.261. The average molecular weight is 231 g/mol. The van der Waals surface area contributed by atoms with Gasteiger partial charge in [-0.1, -0.05) is 0 Å². The number of nitrogens with two attached hydrogens (primary N) is 1. The van der Waals surface area contributed by atoms with Crippen LogP contribution in [0, 0.1) is 5.82 Å². The fourth-order valence-electron chi connectivity index (χ4n) is 1.15. The number of ether oxygens (including phenoxy) is 1. The van der Waals surface area contributed by atoms with E-state index in [0.717, 1.165) is 0 Å². The Bertz CT molecular complexity index is 357. The summed E-state index contributed by atoms with van der Waals surface area (Å²) in [6, 6.07) is 4.20. The SMILES string of the molecule is COCCCS(=O)c1ccc(N)cc1F. The molecule has 3 nitrogen and oxygen atoms in total. The van der Waals surface area contributed by atoms with Crippen LogP contribution in [0.2, 0.25) is 0 Å². The molecule has 0 aromatic heterocycles. The first-order chi connectivity index (χ1) is 7.15. The topological polar surface area (TPSA) is 52.3 Å². The fourth-order valence-corrected chi connectivity index (χ4v) is 2.24. The molecule has 1 aromatic rings. The van der Waals surface area contributed by atoms with E-state index in [9.17, 15) is 8.60 Å². The van der Waals surface area contributed by atoms with Crippen molar-refractivity contribution in [2.75, 3.05) is 25.2 Å². The molecule has 1 aromatic carbocycles. The Balaban J connectivity index is 2.65. The van der Waals surface area contributed by atoms with Gasteiger partial charge in [0.2, 0.25) is 0 Å². The zero-order chi connectivity index (χ0) is 11.3. The standard InChI is InChI=1S/C10H14FNO2S/c1-14-5-2-6-15(13)10-4-3-8(12)7-9(10)11/h3-4,7H,2,5-6,12H2,1H3. The second-order valence-electron chi connectivity index (χ2n) is 3.09. The van der Waals surface area contributed by atoms with Crippen LogP contribution in [-0.4, -0.2) is 23.7 Å². The Morgan fingerprint density at radius 1 is 1.53 bits per heavy atom. The summed E-state index contributed by atoms with van der Waals surface area (Å²) < 4.78 is 29.8. The van der Waals surface area contributed by atoms with Gasteiger partial charge < -0.3 is 10.5 Å². The third-order valence-corrected chi connectivity index (χ3v) is 3.36. The number of methoxy groups -OCH3 is 1. The predicted molar refractivity (Wildman–Crippen MR) is 58.6 cm³/mol. The molecule has 0 aliphatic rings. The van der Waals surface area contributed by atoms with Gasteiger partial charge in [0.15, 0.2) is 0 Å². The van der Waals surface area contributed by atoms with Crippen molar-refractivity contribution in [3.8, 4) is 0 Å². The van der Waals surface area contributed by atoms with Crippen LogP contribution in [0.5, 0.6) is 0 Å². The third-order valence-electron chi connectivity index (χ3n) is 1.88. The van der Waals surface area contributed by atoms with Gasteiger partial charge in [-0.3, -0.25) is 4.21 Å². The van der Waals surface area contributed by atoms with E-state index < -0.39 is 16.6 Å². The molecule has 0 aliphatic heterocycles. The van der Waals surface area contributed by atoms with Crippen molar-refractivity contribution in [3.63, 3.8) is 0 Å². The Morgan fingerprint density at radius 3 is 2.87 bits per heavy atom. The van der Waals surface area contributed by atoms with E-state index in [1.807, 2.05) is 0 Å². The molecule has 0 spiro atoms. The van der Waals surface area contributed by atoms with Crippen molar-refractivity contribution in [2.45, 2.75) is 11.3 Å². The van der Waals surface area contributed by atoms with E-state index in [1.165, 1.54) is 12.1 Å². The lowest BCUT2D eigenvalue weighted by Crippen LogP contribution is -2.04. The van der Waals surface area contributed by atoms with Crippen molar-refractivity contribution in [2.24, 2.45) is 0 Å². The molecule has 0 bridgehead atoms. The number of hydrogen-bond donors (Lipinski definition) is 1. The molecule has 1 rings (SSSR count). The molecule has 84 valence electrons. The third kappa shape index (κ3) is 3.60. The summed E-state index contributed by atoms with van der Waals surface area (Å²) in [5, 5.41) is 0. The maximum atomic E-state index is 13.3. The van der Waals surface area contributed by atoms with Crippen LogP contribution >= 0.6 is 0 Å². The van der Waals surface area contributed by atoms with E-state index in [1.54, 1.807) is 13.2 Å². The lowest BCUT2D eigenvalue weighted by molar-refractivity contribution is 0.200. The van der Waals surface area contributed by atoms with E-state index in [-0.39, 0.29) is 4.90 Å². The van der Waals surface area contributed by atoms with Crippen LogP contribution < -0.4 is 5.73 Å². The van der Waals surface area contributed by atoms with Crippen molar-refractivity contribution in [1.29, 1.82) is 0 Å². The van der Waals surface area contributed by atoms with Crippen LogP contribution in [0.1, 0.15) is 6.42 Å². The molecule has 0 amide bonds. The molecular formula is C10H14FNO2S. The second kappa shape index (κ2) is 5.82. The lowest BCUT2D eigenvalue weighted by Gasteiger charge is -2.04. The summed E-state index contributed by atoms with van der Waals surface area (Å²) in [5.74, 6) is -0.111. The van der Waals surface area contributed by atoms with E-state index in [0.29, 0.717) is 24.5 Å². The van der Waals surface area contributed by atoms with Gasteiger partial charge in [0.1, 0.15) is 5.82 Å². The summed E-state index contributed by atoms with van der Waals surface area (Å²) in [6.45, 7) is 0.530. The highest BCUT2D eigenvalue weighted by atomic mass is 32.2. The zero-order valence-corrected chi connectivity index (χ0v) is 9.35. The van der Waals surface area contributed by atoms with E-state index >= 15 is 0 Å². The monoisotopic (exact) mass is 231 g/mol. The second-order valence-corrected chi connectivity index (χ2v) is 4.62. The van der Waals surface area contributed by atoms with Crippen LogP contribution in [0.15, 0.2) is 23.1 Å². The minimum absolute atomic E-state index is 0.209. The molecule has 1 atom stereocenters. The van der Waals surface area contributed by atoms with E-state index in [4.69, 9.17) is 10.5 Å². The number of benzene rings is 1. The molecule has 0 saturated carbocycles. The number of nitrogen functional groups attached to an aromatic ring is 1. The molecule has 2 N–H and O–H groups in total. The van der Waals surface area contributed by atoms with Crippen molar-refractivity contribution < 1.29 is 13.3 Å². The molecule has 15 heavy (non-hydrogen) atoms. The smallest absolute Gasteiger partial charge is 0.141 e. The molecule has 0 fully saturated rings. The van der Waals surface area contributed by atoms with Crippen LogP contribution in [0.4, 0.5) is 10.1 Å². The lowest BCUT2D eigenvalue weighted by atomic mass is 10.3. The first-order valence-electron chi connectivity index (χ1n) is 4.57. The van der Waals surface area contributed by atoms with Crippen molar-refractivity contribution in [3.05, 3.63) is 24.0 Å². The molecular weight excluding hydrogens is 217 g/mol. The summed E-state index contributed by atoms with van der Waals surface area (Å²) in [5.41, 5.74) is 5.73. The normalized spacial score (nSPS) is 12.7. The van der Waals surface area contributed by atoms with Crippen LogP contribution in [0.3, 0.4) is 0 Å². The Labute approximate surface area is 90.9 Å². The number of halogens is 1. The number of anilines is 1. The molecule has 1 unspecified atom stereocenters. The molecule has 5 heteroatoms. The minimum Gasteiger partial charge on any atom is -0.399 e. The summed E-state index contributed by atoms with van der Waals surface area (Å²) in [4.78, 5) is 0.209. The maximum Gasteiger partial charge on any atom is 0.141 e. The predicted octanol–water partition coefficient (Wildman–Crippen LogP) is 1.55. The van der Waals surface area contributed by atoms with Crippen molar-refractivity contribution in [1.82, 2.24) is 0 Å². The number of rotatable bonds is 5. The number of hydrogen-bond acceptors (Lipinski definition) is 3. The Morgan fingerprint density at radius 2 is 2.27 bits per heavy atom. The zero-order valence-electron chi connectivity index (χ0n) is 8.53. The Hall–Kier alpha value is -0.940. The van der Waals surface area contributed by atoms with Crippen LogP contribution in [0.25, 0.3) is 0 Å². The van der Waals surface area contributed by atoms with E-state index in [2.05, 4.69) is 0 Å². The van der Waals surface area contributed by atoms with Gasteiger partial charge in [-0.05, 0) is 24.6 Å². The highest BCUT2D eigenvalue weighted by Gasteiger charge is 2.09.